The zero-order valence-electron chi connectivity index (χ0n) is 14.9. The lowest BCUT2D eigenvalue weighted by Crippen LogP contribution is -2.48. The predicted molar refractivity (Wildman–Crippen MR) is 103 cm³/mol. The van der Waals surface area contributed by atoms with Crippen LogP contribution < -0.4 is 5.73 Å². The van der Waals surface area contributed by atoms with Crippen molar-refractivity contribution in [3.05, 3.63) is 52.8 Å². The van der Waals surface area contributed by atoms with E-state index in [1.807, 2.05) is 29.2 Å². The predicted octanol–water partition coefficient (Wildman–Crippen LogP) is 4.18. The number of alkyl halides is 1. The Bertz CT molecular complexity index is 738. The first-order chi connectivity index (χ1) is 12.0. The second-order valence-corrected chi connectivity index (χ2v) is 7.16. The van der Waals surface area contributed by atoms with Gasteiger partial charge in [0.2, 0.25) is 5.91 Å². The number of carbonyl (C=O) groups is 1. The van der Waals surface area contributed by atoms with Crippen molar-refractivity contribution in [1.29, 1.82) is 0 Å². The standard InChI is InChI=1S/C20H26ClN3O/c1-3-4-5-17-11-15-10-13(2)23-19(15)20(24(17)18(25)12-21)14-6-8-16(22)9-7-14/h6-10,17,20,23H,3-5,11-12,22H2,1-2H3/t17-,20-/m0/s1. The Hall–Kier alpha value is -1.94. The number of amides is 1. The van der Waals surface area contributed by atoms with Crippen molar-refractivity contribution in [2.24, 2.45) is 0 Å². The molecule has 2 aromatic rings. The summed E-state index contributed by atoms with van der Waals surface area (Å²) in [6, 6.07) is 10.1. The van der Waals surface area contributed by atoms with Crippen molar-refractivity contribution >= 4 is 23.2 Å². The summed E-state index contributed by atoms with van der Waals surface area (Å²) in [5.74, 6) is -0.00848. The lowest BCUT2D eigenvalue weighted by atomic mass is 9.87. The van der Waals surface area contributed by atoms with Crippen LogP contribution in [0.2, 0.25) is 0 Å². The van der Waals surface area contributed by atoms with Gasteiger partial charge in [-0.1, -0.05) is 31.9 Å². The molecule has 0 saturated heterocycles. The third-order valence-corrected chi connectivity index (χ3v) is 5.24. The van der Waals surface area contributed by atoms with E-state index in [0.717, 1.165) is 48.3 Å². The number of anilines is 1. The fourth-order valence-electron chi connectivity index (χ4n) is 3.89. The van der Waals surface area contributed by atoms with E-state index in [4.69, 9.17) is 17.3 Å². The van der Waals surface area contributed by atoms with Gasteiger partial charge in [0.15, 0.2) is 0 Å². The number of halogens is 1. The molecule has 0 unspecified atom stereocenters. The van der Waals surface area contributed by atoms with Crippen molar-refractivity contribution in [2.75, 3.05) is 11.6 Å². The second kappa shape index (κ2) is 7.52. The monoisotopic (exact) mass is 359 g/mol. The first-order valence-corrected chi connectivity index (χ1v) is 9.49. The summed E-state index contributed by atoms with van der Waals surface area (Å²) in [5, 5.41) is 0. The Balaban J connectivity index is 2.09. The van der Waals surface area contributed by atoms with Gasteiger partial charge in [0.05, 0.1) is 6.04 Å². The van der Waals surface area contributed by atoms with Gasteiger partial charge in [0.25, 0.3) is 0 Å². The Morgan fingerprint density at radius 3 is 2.72 bits per heavy atom. The Labute approximate surface area is 154 Å². The number of rotatable bonds is 5. The van der Waals surface area contributed by atoms with Crippen LogP contribution >= 0.6 is 11.6 Å². The van der Waals surface area contributed by atoms with E-state index in [9.17, 15) is 4.79 Å². The SMILES string of the molecule is CCCC[C@H]1Cc2cc(C)[nH]c2[C@H](c2ccc(N)cc2)N1C(=O)CCl. The topological polar surface area (TPSA) is 62.1 Å². The molecule has 0 bridgehead atoms. The van der Waals surface area contributed by atoms with Gasteiger partial charge < -0.3 is 15.6 Å². The summed E-state index contributed by atoms with van der Waals surface area (Å²) < 4.78 is 0. The first kappa shape index (κ1) is 17.9. The number of aromatic nitrogens is 1. The summed E-state index contributed by atoms with van der Waals surface area (Å²) in [7, 11) is 0. The number of fused-ring (bicyclic) bond motifs is 1. The van der Waals surface area contributed by atoms with Crippen molar-refractivity contribution in [1.82, 2.24) is 9.88 Å². The molecule has 5 heteroatoms. The van der Waals surface area contributed by atoms with Crippen LogP contribution in [0.5, 0.6) is 0 Å². The third-order valence-electron chi connectivity index (χ3n) is 5.01. The average molecular weight is 360 g/mol. The zero-order chi connectivity index (χ0) is 18.0. The summed E-state index contributed by atoms with van der Waals surface area (Å²) in [5.41, 5.74) is 11.2. The van der Waals surface area contributed by atoms with Crippen LogP contribution in [0.1, 0.15) is 54.7 Å². The minimum atomic E-state index is -0.133. The van der Waals surface area contributed by atoms with Gasteiger partial charge in [0, 0.05) is 23.1 Å². The smallest absolute Gasteiger partial charge is 0.238 e. The molecule has 0 spiro atoms. The van der Waals surface area contributed by atoms with Crippen LogP contribution in [0, 0.1) is 6.92 Å². The van der Waals surface area contributed by atoms with E-state index >= 15 is 0 Å². The molecule has 4 nitrogen and oxygen atoms in total. The van der Waals surface area contributed by atoms with Crippen molar-refractivity contribution < 1.29 is 4.79 Å². The molecule has 25 heavy (non-hydrogen) atoms. The maximum absolute atomic E-state index is 12.8. The summed E-state index contributed by atoms with van der Waals surface area (Å²) in [6.07, 6.45) is 4.09. The van der Waals surface area contributed by atoms with Gasteiger partial charge in [-0.05, 0) is 49.1 Å². The molecule has 1 aromatic carbocycles. The number of nitrogens with two attached hydrogens (primary N) is 1. The number of nitrogens with one attached hydrogen (secondary N) is 1. The maximum atomic E-state index is 12.8. The van der Waals surface area contributed by atoms with Gasteiger partial charge in [-0.2, -0.15) is 0 Å². The molecule has 0 aliphatic carbocycles. The number of hydrogen-bond donors (Lipinski definition) is 2. The summed E-state index contributed by atoms with van der Waals surface area (Å²) in [6.45, 7) is 4.24. The maximum Gasteiger partial charge on any atom is 0.238 e. The quantitative estimate of drug-likeness (QED) is 0.621. The van der Waals surface area contributed by atoms with Gasteiger partial charge >= 0.3 is 0 Å². The Morgan fingerprint density at radius 2 is 2.08 bits per heavy atom. The molecule has 1 aliphatic rings. The minimum Gasteiger partial charge on any atom is -0.399 e. The highest BCUT2D eigenvalue weighted by atomic mass is 35.5. The first-order valence-electron chi connectivity index (χ1n) is 8.96. The van der Waals surface area contributed by atoms with Crippen LogP contribution in [0.15, 0.2) is 30.3 Å². The highest BCUT2D eigenvalue weighted by molar-refractivity contribution is 6.27. The van der Waals surface area contributed by atoms with E-state index in [1.54, 1.807) is 0 Å². The molecule has 1 aromatic heterocycles. The van der Waals surface area contributed by atoms with Crippen LogP contribution in [0.4, 0.5) is 5.69 Å². The normalized spacial score (nSPS) is 19.7. The van der Waals surface area contributed by atoms with E-state index in [1.165, 1.54) is 5.56 Å². The Kier molecular flexibility index (Phi) is 5.38. The third kappa shape index (κ3) is 3.54. The molecule has 0 saturated carbocycles. The van der Waals surface area contributed by atoms with Crippen LogP contribution in [-0.2, 0) is 11.2 Å². The molecule has 3 N–H and O–H groups in total. The number of nitrogens with zero attached hydrogens (tertiary/aromatic N) is 1. The number of benzene rings is 1. The van der Waals surface area contributed by atoms with Gasteiger partial charge in [0.1, 0.15) is 5.88 Å². The molecule has 0 fully saturated rings. The molecule has 2 atom stereocenters. The van der Waals surface area contributed by atoms with Gasteiger partial charge in [-0.25, -0.2) is 0 Å². The Morgan fingerprint density at radius 1 is 1.36 bits per heavy atom. The highest BCUT2D eigenvalue weighted by Gasteiger charge is 2.38. The van der Waals surface area contributed by atoms with E-state index in [0.29, 0.717) is 0 Å². The highest BCUT2D eigenvalue weighted by Crippen LogP contribution is 2.39. The molecule has 134 valence electrons. The fraction of sp³-hybridized carbons (Fsp3) is 0.450. The number of aryl methyl sites for hydroxylation is 1. The lowest BCUT2D eigenvalue weighted by molar-refractivity contribution is -0.133. The number of aromatic amines is 1. The van der Waals surface area contributed by atoms with E-state index < -0.39 is 0 Å². The number of carbonyl (C=O) groups excluding carboxylic acids is 1. The van der Waals surface area contributed by atoms with Crippen molar-refractivity contribution in [2.45, 2.75) is 51.6 Å². The van der Waals surface area contributed by atoms with Crippen LogP contribution in [-0.4, -0.2) is 27.7 Å². The summed E-state index contributed by atoms with van der Waals surface area (Å²) in [4.78, 5) is 18.2. The van der Waals surface area contributed by atoms with Crippen LogP contribution in [0.25, 0.3) is 0 Å². The van der Waals surface area contributed by atoms with Crippen molar-refractivity contribution in [3.8, 4) is 0 Å². The number of nitrogen functional groups attached to an aromatic ring is 1. The molecule has 1 amide bonds. The molecule has 0 radical (unpaired) electrons. The largest absolute Gasteiger partial charge is 0.399 e. The molecule has 3 rings (SSSR count). The lowest BCUT2D eigenvalue weighted by Gasteiger charge is -2.42. The van der Waals surface area contributed by atoms with Crippen molar-refractivity contribution in [3.63, 3.8) is 0 Å². The number of unbranched alkanes of at least 4 members (excludes halogenated alkanes) is 1. The average Bonchev–Trinajstić information content (AvgIpc) is 2.98. The number of hydrogen-bond acceptors (Lipinski definition) is 2. The van der Waals surface area contributed by atoms with Gasteiger partial charge in [-0.15, -0.1) is 11.6 Å². The molecule has 2 heterocycles. The molecular weight excluding hydrogens is 334 g/mol. The zero-order valence-corrected chi connectivity index (χ0v) is 15.6. The minimum absolute atomic E-state index is 0.00310. The van der Waals surface area contributed by atoms with E-state index in [-0.39, 0.29) is 23.9 Å². The summed E-state index contributed by atoms with van der Waals surface area (Å²) >= 11 is 5.97. The van der Waals surface area contributed by atoms with E-state index in [2.05, 4.69) is 24.9 Å². The molecular formula is C20H26ClN3O. The number of H-pyrrole nitrogens is 1. The van der Waals surface area contributed by atoms with Crippen LogP contribution in [0.3, 0.4) is 0 Å². The van der Waals surface area contributed by atoms with Gasteiger partial charge in [-0.3, -0.25) is 4.79 Å². The fourth-order valence-corrected chi connectivity index (χ4v) is 4.02. The molecule has 1 aliphatic heterocycles. The second-order valence-electron chi connectivity index (χ2n) is 6.90.